The molecule has 0 fully saturated rings. The van der Waals surface area contributed by atoms with Crippen LogP contribution in [0.15, 0.2) is 28.7 Å². The summed E-state index contributed by atoms with van der Waals surface area (Å²) in [6, 6.07) is 3.86. The molecule has 0 aliphatic rings. The van der Waals surface area contributed by atoms with Crippen LogP contribution in [-0.2, 0) is 10.5 Å². The zero-order chi connectivity index (χ0) is 14.5. The predicted molar refractivity (Wildman–Crippen MR) is 82.1 cm³/mol. The second-order valence-corrected chi connectivity index (χ2v) is 6.14. The Morgan fingerprint density at radius 1 is 1.40 bits per heavy atom. The summed E-state index contributed by atoms with van der Waals surface area (Å²) in [6.45, 7) is 3.90. The maximum atomic E-state index is 10.6. The first kappa shape index (κ1) is 14.7. The minimum Gasteiger partial charge on any atom is -0.478 e. The van der Waals surface area contributed by atoms with Gasteiger partial charge in [0.05, 0.1) is 0 Å². The van der Waals surface area contributed by atoms with Crippen LogP contribution < -0.4 is 0 Å². The van der Waals surface area contributed by atoms with Gasteiger partial charge in [-0.05, 0) is 43.0 Å². The molecule has 0 aliphatic carbocycles. The normalized spacial score (nSPS) is 11.1. The Morgan fingerprint density at radius 2 is 2.10 bits per heavy atom. The lowest BCUT2D eigenvalue weighted by Gasteiger charge is -2.02. The van der Waals surface area contributed by atoms with Crippen LogP contribution in [0.2, 0.25) is 0 Å². The predicted octanol–water partition coefficient (Wildman–Crippen LogP) is 3.55. The van der Waals surface area contributed by atoms with E-state index in [-0.39, 0.29) is 0 Å². The average Bonchev–Trinajstić information content (AvgIpc) is 2.80. The van der Waals surface area contributed by atoms with Crippen LogP contribution in [0.4, 0.5) is 0 Å². The van der Waals surface area contributed by atoms with E-state index in [2.05, 4.69) is 9.97 Å². The topological polar surface area (TPSA) is 63.1 Å². The van der Waals surface area contributed by atoms with Crippen LogP contribution in [0.1, 0.15) is 21.8 Å². The number of carbonyl (C=O) groups is 1. The molecule has 6 heteroatoms. The molecule has 4 nitrogen and oxygen atoms in total. The van der Waals surface area contributed by atoms with E-state index < -0.39 is 5.97 Å². The van der Waals surface area contributed by atoms with Crippen molar-refractivity contribution in [2.75, 3.05) is 0 Å². The molecule has 0 unspecified atom stereocenters. The number of hydrogen-bond acceptors (Lipinski definition) is 5. The molecule has 0 aliphatic heterocycles. The van der Waals surface area contributed by atoms with Crippen molar-refractivity contribution in [3.63, 3.8) is 0 Å². The molecule has 20 heavy (non-hydrogen) atoms. The molecule has 1 N–H and O–H groups in total. The molecule has 0 bridgehead atoms. The van der Waals surface area contributed by atoms with Crippen LogP contribution in [0, 0.1) is 13.8 Å². The average molecular weight is 306 g/mol. The number of carboxylic acid groups (broad SMARTS) is 1. The number of nitrogens with zero attached hydrogens (tertiary/aromatic N) is 2. The van der Waals surface area contributed by atoms with Gasteiger partial charge >= 0.3 is 5.97 Å². The molecule has 0 radical (unpaired) electrons. The first-order valence-electron chi connectivity index (χ1n) is 5.97. The monoisotopic (exact) mass is 306 g/mol. The quantitative estimate of drug-likeness (QED) is 0.520. The minimum absolute atomic E-state index is 0.736. The highest BCUT2D eigenvalue weighted by molar-refractivity contribution is 7.98. The van der Waals surface area contributed by atoms with Crippen LogP contribution in [0.5, 0.6) is 0 Å². The molecule has 0 aromatic carbocycles. The summed E-state index contributed by atoms with van der Waals surface area (Å²) in [7, 11) is 0. The lowest BCUT2D eigenvalue weighted by atomic mass is 10.2. The minimum atomic E-state index is -0.938. The Kier molecular flexibility index (Phi) is 4.92. The summed E-state index contributed by atoms with van der Waals surface area (Å²) in [5.74, 6) is -0.202. The Balaban J connectivity index is 2.07. The van der Waals surface area contributed by atoms with Crippen molar-refractivity contribution in [3.05, 3.63) is 45.4 Å². The van der Waals surface area contributed by atoms with Gasteiger partial charge in [-0.1, -0.05) is 11.8 Å². The largest absolute Gasteiger partial charge is 0.478 e. The van der Waals surface area contributed by atoms with Gasteiger partial charge in [-0.3, -0.25) is 0 Å². The van der Waals surface area contributed by atoms with Gasteiger partial charge in [0, 0.05) is 28.1 Å². The molecule has 2 heterocycles. The van der Waals surface area contributed by atoms with E-state index in [1.165, 1.54) is 0 Å². The number of carboxylic acids is 1. The molecule has 0 spiro atoms. The van der Waals surface area contributed by atoms with Crippen molar-refractivity contribution in [1.82, 2.24) is 9.97 Å². The first-order chi connectivity index (χ1) is 9.54. The second kappa shape index (κ2) is 6.67. The molecule has 0 saturated heterocycles. The van der Waals surface area contributed by atoms with E-state index in [1.54, 1.807) is 29.2 Å². The van der Waals surface area contributed by atoms with Gasteiger partial charge in [0.2, 0.25) is 0 Å². The van der Waals surface area contributed by atoms with E-state index in [9.17, 15) is 4.79 Å². The van der Waals surface area contributed by atoms with Crippen LogP contribution in [0.25, 0.3) is 6.08 Å². The van der Waals surface area contributed by atoms with E-state index in [4.69, 9.17) is 5.11 Å². The van der Waals surface area contributed by atoms with E-state index in [1.807, 2.05) is 31.4 Å². The van der Waals surface area contributed by atoms with Crippen molar-refractivity contribution in [1.29, 1.82) is 0 Å². The molecule has 0 amide bonds. The molecule has 0 atom stereocenters. The summed E-state index contributed by atoms with van der Waals surface area (Å²) in [5.41, 5.74) is 2.85. The van der Waals surface area contributed by atoms with E-state index in [0.717, 1.165) is 38.8 Å². The zero-order valence-corrected chi connectivity index (χ0v) is 12.8. The van der Waals surface area contributed by atoms with Crippen molar-refractivity contribution < 1.29 is 9.90 Å². The maximum Gasteiger partial charge on any atom is 0.328 e. The molecule has 2 aromatic heterocycles. The lowest BCUT2D eigenvalue weighted by Crippen LogP contribution is -1.93. The third-order valence-corrected chi connectivity index (χ3v) is 4.47. The molecule has 2 rings (SSSR count). The number of aryl methyl sites for hydroxylation is 2. The van der Waals surface area contributed by atoms with Crippen molar-refractivity contribution >= 4 is 35.1 Å². The number of aromatic nitrogens is 2. The Morgan fingerprint density at radius 3 is 2.75 bits per heavy atom. The van der Waals surface area contributed by atoms with Crippen molar-refractivity contribution in [2.24, 2.45) is 0 Å². The fourth-order valence-electron chi connectivity index (χ4n) is 1.67. The maximum absolute atomic E-state index is 10.6. The lowest BCUT2D eigenvalue weighted by molar-refractivity contribution is -0.131. The van der Waals surface area contributed by atoms with Crippen LogP contribution >= 0.6 is 23.1 Å². The molecular formula is C14H14N2O2S2. The number of thioether (sulfide) groups is 1. The highest BCUT2D eigenvalue weighted by atomic mass is 32.2. The standard InChI is InChI=1S/C14H14N2O2S2/c1-9-7-10(2)16-14(15-9)20-8-12-11(5-6-19-12)3-4-13(17)18/h3-7H,8H2,1-2H3,(H,17,18). The third-order valence-electron chi connectivity index (χ3n) is 2.48. The smallest absolute Gasteiger partial charge is 0.328 e. The summed E-state index contributed by atoms with van der Waals surface area (Å²) in [6.07, 6.45) is 2.78. The highest BCUT2D eigenvalue weighted by Gasteiger charge is 2.06. The SMILES string of the molecule is Cc1cc(C)nc(SCc2sccc2C=CC(=O)O)n1. The number of hydrogen-bond donors (Lipinski definition) is 1. The molecule has 0 saturated carbocycles. The van der Waals surface area contributed by atoms with E-state index in [0.29, 0.717) is 0 Å². The molecule has 104 valence electrons. The van der Waals surface area contributed by atoms with Gasteiger partial charge in [0.1, 0.15) is 0 Å². The Bertz CT molecular complexity index is 630. The second-order valence-electron chi connectivity index (χ2n) is 4.19. The Hall–Kier alpha value is -1.66. The van der Waals surface area contributed by atoms with Gasteiger partial charge in [-0.2, -0.15) is 0 Å². The number of thiophene rings is 1. The van der Waals surface area contributed by atoms with Crippen LogP contribution in [0.3, 0.4) is 0 Å². The number of rotatable bonds is 5. The third kappa shape index (κ3) is 4.18. The summed E-state index contributed by atoms with van der Waals surface area (Å²) >= 11 is 3.17. The number of aliphatic carboxylic acids is 1. The molecular weight excluding hydrogens is 292 g/mol. The van der Waals surface area contributed by atoms with Crippen molar-refractivity contribution in [3.8, 4) is 0 Å². The fourth-order valence-corrected chi connectivity index (χ4v) is 3.61. The van der Waals surface area contributed by atoms with Gasteiger partial charge in [-0.15, -0.1) is 11.3 Å². The zero-order valence-electron chi connectivity index (χ0n) is 11.2. The van der Waals surface area contributed by atoms with Gasteiger partial charge in [-0.25, -0.2) is 14.8 Å². The summed E-state index contributed by atoms with van der Waals surface area (Å²) in [5, 5.41) is 11.4. The first-order valence-corrected chi connectivity index (χ1v) is 7.83. The van der Waals surface area contributed by atoms with Gasteiger partial charge in [0.25, 0.3) is 0 Å². The highest BCUT2D eigenvalue weighted by Crippen LogP contribution is 2.27. The van der Waals surface area contributed by atoms with Crippen molar-refractivity contribution in [2.45, 2.75) is 24.8 Å². The van der Waals surface area contributed by atoms with Gasteiger partial charge < -0.3 is 5.11 Å². The van der Waals surface area contributed by atoms with E-state index >= 15 is 0 Å². The summed E-state index contributed by atoms with van der Waals surface area (Å²) < 4.78 is 0. The van der Waals surface area contributed by atoms with Gasteiger partial charge in [0.15, 0.2) is 5.16 Å². The Labute approximate surface area is 125 Å². The molecule has 2 aromatic rings. The fraction of sp³-hybridized carbons (Fsp3) is 0.214. The summed E-state index contributed by atoms with van der Waals surface area (Å²) in [4.78, 5) is 20.4. The van der Waals surface area contributed by atoms with Crippen LogP contribution in [-0.4, -0.2) is 21.0 Å².